The van der Waals surface area contributed by atoms with Crippen LogP contribution in [-0.2, 0) is 33.7 Å². The number of carbonyl (C=O) groups excluding carboxylic acids is 1. The van der Waals surface area contributed by atoms with Crippen LogP contribution in [0.5, 0.6) is 0 Å². The van der Waals surface area contributed by atoms with Crippen LogP contribution in [-0.4, -0.2) is 59.0 Å². The quantitative estimate of drug-likeness (QED) is 0.484. The number of nitrogens with zero attached hydrogens (tertiary/aromatic N) is 2. The first-order chi connectivity index (χ1) is 14.1. The van der Waals surface area contributed by atoms with Crippen LogP contribution in [0.4, 0.5) is 5.69 Å². The molecule has 0 aliphatic carbocycles. The summed E-state index contributed by atoms with van der Waals surface area (Å²) in [6.07, 6.45) is 0.613. The summed E-state index contributed by atoms with van der Waals surface area (Å²) in [5.41, 5.74) is 3.49. The second-order valence-electron chi connectivity index (χ2n) is 6.75. The number of benzene rings is 2. The van der Waals surface area contributed by atoms with Crippen molar-refractivity contribution in [3.8, 4) is 0 Å². The molecule has 1 aliphatic rings. The molecule has 1 aliphatic heterocycles. The SMILES string of the molecule is COC(=O)c1ccc(CN(CCc2ccccc2N2CCOCC2)S(=O)[O-])cc1. The molecule has 7 nitrogen and oxygen atoms in total. The molecule has 0 aromatic heterocycles. The van der Waals surface area contributed by atoms with Gasteiger partial charge in [-0.25, -0.2) is 9.10 Å². The van der Waals surface area contributed by atoms with Crippen LogP contribution in [0.25, 0.3) is 0 Å². The molecule has 8 heteroatoms. The van der Waals surface area contributed by atoms with Gasteiger partial charge in [-0.2, -0.15) is 0 Å². The Morgan fingerprint density at radius 1 is 1.17 bits per heavy atom. The fraction of sp³-hybridized carbons (Fsp3) is 0.381. The molecule has 29 heavy (non-hydrogen) atoms. The first-order valence-corrected chi connectivity index (χ1v) is 10.5. The smallest absolute Gasteiger partial charge is 0.337 e. The number of para-hydroxylation sites is 1. The maximum absolute atomic E-state index is 11.8. The van der Waals surface area contributed by atoms with E-state index in [-0.39, 0.29) is 6.54 Å². The molecular formula is C21H25N2O5S-. The highest BCUT2D eigenvalue weighted by molar-refractivity contribution is 7.76. The van der Waals surface area contributed by atoms with E-state index in [2.05, 4.69) is 15.7 Å². The third-order valence-electron chi connectivity index (χ3n) is 4.92. The second kappa shape index (κ2) is 10.5. The summed E-state index contributed by atoms with van der Waals surface area (Å²) in [7, 11) is 1.33. The van der Waals surface area contributed by atoms with Crippen molar-refractivity contribution in [3.63, 3.8) is 0 Å². The molecule has 2 aromatic carbocycles. The van der Waals surface area contributed by atoms with Gasteiger partial charge in [-0.3, -0.25) is 4.21 Å². The Bertz CT molecular complexity index is 837. The van der Waals surface area contributed by atoms with E-state index >= 15 is 0 Å². The molecular weight excluding hydrogens is 392 g/mol. The summed E-state index contributed by atoms with van der Waals surface area (Å²) < 4.78 is 35.0. The van der Waals surface area contributed by atoms with Gasteiger partial charge in [0.1, 0.15) is 0 Å². The van der Waals surface area contributed by atoms with Crippen LogP contribution in [0, 0.1) is 0 Å². The fourth-order valence-electron chi connectivity index (χ4n) is 3.35. The second-order valence-corrected chi connectivity index (χ2v) is 7.70. The van der Waals surface area contributed by atoms with Crippen molar-refractivity contribution in [1.82, 2.24) is 4.31 Å². The van der Waals surface area contributed by atoms with Gasteiger partial charge in [0.25, 0.3) is 0 Å². The Morgan fingerprint density at radius 2 is 1.86 bits per heavy atom. The molecule has 0 bridgehead atoms. The molecule has 1 unspecified atom stereocenters. The first kappa shape index (κ1) is 21.4. The first-order valence-electron chi connectivity index (χ1n) is 9.50. The third-order valence-corrected chi connectivity index (χ3v) is 5.65. The average Bonchev–Trinajstić information content (AvgIpc) is 2.77. The summed E-state index contributed by atoms with van der Waals surface area (Å²) in [6.45, 7) is 3.69. The number of morpholine rings is 1. The lowest BCUT2D eigenvalue weighted by atomic mass is 10.1. The van der Waals surface area contributed by atoms with Gasteiger partial charge in [0.15, 0.2) is 0 Å². The van der Waals surface area contributed by atoms with Crippen LogP contribution in [0.1, 0.15) is 21.5 Å². The molecule has 156 valence electrons. The largest absolute Gasteiger partial charge is 0.760 e. The standard InChI is InChI=1S/C21H26N2O5S/c1-27-21(24)19-8-6-17(7-9-19)16-23(29(25)26)11-10-18-4-2-3-5-20(18)22-12-14-28-15-13-22/h2-9H,10-16H2,1H3,(H,25,26)/p-1. The zero-order valence-electron chi connectivity index (χ0n) is 16.4. The molecule has 0 spiro atoms. The maximum atomic E-state index is 11.8. The molecule has 1 fully saturated rings. The van der Waals surface area contributed by atoms with Crippen LogP contribution < -0.4 is 4.90 Å². The highest BCUT2D eigenvalue weighted by Crippen LogP contribution is 2.22. The lowest BCUT2D eigenvalue weighted by molar-refractivity contribution is 0.0600. The van der Waals surface area contributed by atoms with E-state index in [1.165, 1.54) is 11.4 Å². The van der Waals surface area contributed by atoms with Gasteiger partial charge < -0.3 is 18.9 Å². The highest BCUT2D eigenvalue weighted by Gasteiger charge is 2.16. The van der Waals surface area contributed by atoms with Gasteiger partial charge in [0.05, 0.1) is 25.9 Å². The minimum atomic E-state index is -2.35. The van der Waals surface area contributed by atoms with E-state index in [9.17, 15) is 13.6 Å². The van der Waals surface area contributed by atoms with Crippen LogP contribution >= 0.6 is 0 Å². The zero-order valence-corrected chi connectivity index (χ0v) is 17.2. The van der Waals surface area contributed by atoms with Crippen molar-refractivity contribution in [2.75, 3.05) is 44.9 Å². The lowest BCUT2D eigenvalue weighted by Crippen LogP contribution is -2.37. The molecule has 0 N–H and O–H groups in total. The van der Waals surface area contributed by atoms with Gasteiger partial charge in [-0.1, -0.05) is 30.3 Å². The van der Waals surface area contributed by atoms with E-state index in [1.807, 2.05) is 18.2 Å². The van der Waals surface area contributed by atoms with E-state index in [4.69, 9.17) is 4.74 Å². The van der Waals surface area contributed by atoms with E-state index < -0.39 is 17.2 Å². The Morgan fingerprint density at radius 3 is 2.52 bits per heavy atom. The maximum Gasteiger partial charge on any atom is 0.337 e. The average molecular weight is 418 g/mol. The lowest BCUT2D eigenvalue weighted by Gasteiger charge is -2.31. The topological polar surface area (TPSA) is 82.1 Å². The summed E-state index contributed by atoms with van der Waals surface area (Å²) in [5, 5.41) is 0. The van der Waals surface area contributed by atoms with Gasteiger partial charge in [0.2, 0.25) is 0 Å². The number of esters is 1. The number of carbonyl (C=O) groups is 1. The fourth-order valence-corrected chi connectivity index (χ4v) is 3.85. The molecule has 1 saturated heterocycles. The van der Waals surface area contributed by atoms with Gasteiger partial charge in [-0.05, 0) is 35.7 Å². The normalized spacial score (nSPS) is 15.3. The zero-order chi connectivity index (χ0) is 20.6. The van der Waals surface area contributed by atoms with Crippen molar-refractivity contribution >= 4 is 22.9 Å². The predicted octanol–water partition coefficient (Wildman–Crippen LogP) is 2.15. The predicted molar refractivity (Wildman–Crippen MR) is 110 cm³/mol. The molecule has 1 atom stereocenters. The van der Waals surface area contributed by atoms with Crippen molar-refractivity contribution in [2.24, 2.45) is 0 Å². The Hall–Kier alpha value is -2.26. The Labute approximate surface area is 173 Å². The van der Waals surface area contributed by atoms with Gasteiger partial charge >= 0.3 is 5.97 Å². The number of ether oxygens (including phenoxy) is 2. The van der Waals surface area contributed by atoms with Crippen LogP contribution in [0.15, 0.2) is 48.5 Å². The minimum Gasteiger partial charge on any atom is -0.760 e. The number of hydrogen-bond acceptors (Lipinski definition) is 6. The number of anilines is 1. The summed E-state index contributed by atoms with van der Waals surface area (Å²) in [4.78, 5) is 13.8. The van der Waals surface area contributed by atoms with Crippen LogP contribution in [0.3, 0.4) is 0 Å². The monoisotopic (exact) mass is 417 g/mol. The van der Waals surface area contributed by atoms with Gasteiger partial charge in [0, 0.05) is 43.1 Å². The van der Waals surface area contributed by atoms with Crippen molar-refractivity contribution in [3.05, 3.63) is 65.2 Å². The minimum absolute atomic E-state index is 0.247. The van der Waals surface area contributed by atoms with E-state index in [0.717, 1.165) is 29.9 Å². The van der Waals surface area contributed by atoms with Gasteiger partial charge in [-0.15, -0.1) is 0 Å². The number of methoxy groups -OCH3 is 1. The highest BCUT2D eigenvalue weighted by atomic mass is 32.2. The molecule has 0 radical (unpaired) electrons. The molecule has 0 saturated carbocycles. The Kier molecular flexibility index (Phi) is 7.76. The van der Waals surface area contributed by atoms with E-state index in [0.29, 0.717) is 31.7 Å². The number of rotatable bonds is 8. The number of hydrogen-bond donors (Lipinski definition) is 0. The molecule has 3 rings (SSSR count). The van der Waals surface area contributed by atoms with Crippen molar-refractivity contribution in [1.29, 1.82) is 0 Å². The van der Waals surface area contributed by atoms with E-state index in [1.54, 1.807) is 24.3 Å². The van der Waals surface area contributed by atoms with Crippen molar-refractivity contribution in [2.45, 2.75) is 13.0 Å². The summed E-state index contributed by atoms with van der Waals surface area (Å²) in [6, 6.07) is 14.9. The van der Waals surface area contributed by atoms with Crippen LogP contribution in [0.2, 0.25) is 0 Å². The molecule has 1 heterocycles. The van der Waals surface area contributed by atoms with Crippen molar-refractivity contribution < 1.29 is 23.0 Å². The third kappa shape index (κ3) is 5.86. The Balaban J connectivity index is 1.66. The molecule has 0 amide bonds. The molecule has 2 aromatic rings. The summed E-state index contributed by atoms with van der Waals surface area (Å²) >= 11 is -2.35. The summed E-state index contributed by atoms with van der Waals surface area (Å²) in [5.74, 6) is -0.416.